The molecule has 1 atom stereocenters. The van der Waals surface area contributed by atoms with E-state index < -0.39 is 0 Å². The van der Waals surface area contributed by atoms with Crippen LogP contribution in [-0.4, -0.2) is 41.0 Å². The minimum Gasteiger partial charge on any atom is -0.377 e. The SMILES string of the molecule is CCNC(CSc1nccc(C)n1)C(C)(C)OC. The number of likely N-dealkylation sites (N-methyl/N-ethyl adjacent to an activating group) is 1. The number of hydrogen-bond donors (Lipinski definition) is 1. The number of thioether (sulfide) groups is 1. The molecule has 1 aromatic heterocycles. The molecule has 0 bridgehead atoms. The first kappa shape index (κ1) is 15.4. The van der Waals surface area contributed by atoms with Gasteiger partial charge in [-0.05, 0) is 33.4 Å². The van der Waals surface area contributed by atoms with Crippen molar-refractivity contribution in [3.05, 3.63) is 18.0 Å². The second-order valence-electron chi connectivity index (χ2n) is 4.71. The van der Waals surface area contributed by atoms with E-state index in [4.69, 9.17) is 4.74 Å². The molecule has 1 rings (SSSR count). The lowest BCUT2D eigenvalue weighted by Gasteiger charge is -2.33. The third-order valence-electron chi connectivity index (χ3n) is 2.97. The Morgan fingerprint density at radius 1 is 1.50 bits per heavy atom. The zero-order chi connectivity index (χ0) is 13.6. The maximum absolute atomic E-state index is 5.55. The Labute approximate surface area is 114 Å². The Kier molecular flexibility index (Phi) is 6.05. The lowest BCUT2D eigenvalue weighted by Crippen LogP contribution is -2.49. The average molecular weight is 269 g/mol. The molecule has 18 heavy (non-hydrogen) atoms. The van der Waals surface area contributed by atoms with Gasteiger partial charge in [-0.2, -0.15) is 0 Å². The van der Waals surface area contributed by atoms with E-state index in [0.29, 0.717) is 0 Å². The third kappa shape index (κ3) is 4.55. The number of aryl methyl sites for hydroxylation is 1. The van der Waals surface area contributed by atoms with Crippen LogP contribution < -0.4 is 5.32 Å². The van der Waals surface area contributed by atoms with Crippen LogP contribution in [0.1, 0.15) is 26.5 Å². The maximum atomic E-state index is 5.55. The summed E-state index contributed by atoms with van der Waals surface area (Å²) in [7, 11) is 1.75. The van der Waals surface area contributed by atoms with Crippen LogP contribution in [0.15, 0.2) is 17.4 Å². The van der Waals surface area contributed by atoms with Gasteiger partial charge in [-0.25, -0.2) is 9.97 Å². The number of methoxy groups -OCH3 is 1. The van der Waals surface area contributed by atoms with E-state index >= 15 is 0 Å². The fraction of sp³-hybridized carbons (Fsp3) is 0.692. The Morgan fingerprint density at radius 2 is 2.22 bits per heavy atom. The van der Waals surface area contributed by atoms with Gasteiger partial charge < -0.3 is 10.1 Å². The molecule has 5 heteroatoms. The van der Waals surface area contributed by atoms with E-state index in [9.17, 15) is 0 Å². The summed E-state index contributed by atoms with van der Waals surface area (Å²) in [4.78, 5) is 8.66. The molecule has 0 saturated heterocycles. The van der Waals surface area contributed by atoms with Crippen molar-refractivity contribution in [3.63, 3.8) is 0 Å². The highest BCUT2D eigenvalue weighted by Gasteiger charge is 2.28. The number of nitrogens with zero attached hydrogens (tertiary/aromatic N) is 2. The smallest absolute Gasteiger partial charge is 0.187 e. The van der Waals surface area contributed by atoms with Crippen molar-refractivity contribution in [1.29, 1.82) is 0 Å². The lowest BCUT2D eigenvalue weighted by molar-refractivity contribution is -0.00310. The number of aromatic nitrogens is 2. The first-order valence-electron chi connectivity index (χ1n) is 6.20. The first-order valence-corrected chi connectivity index (χ1v) is 7.19. The van der Waals surface area contributed by atoms with Crippen LogP contribution in [-0.2, 0) is 4.74 Å². The summed E-state index contributed by atoms with van der Waals surface area (Å²) in [6, 6.07) is 2.17. The lowest BCUT2D eigenvalue weighted by atomic mass is 10.0. The third-order valence-corrected chi connectivity index (χ3v) is 3.92. The highest BCUT2D eigenvalue weighted by molar-refractivity contribution is 7.99. The molecule has 0 aliphatic rings. The minimum absolute atomic E-state index is 0.202. The largest absolute Gasteiger partial charge is 0.377 e. The van der Waals surface area contributed by atoms with Crippen molar-refractivity contribution >= 4 is 11.8 Å². The van der Waals surface area contributed by atoms with Crippen LogP contribution >= 0.6 is 11.8 Å². The molecule has 102 valence electrons. The van der Waals surface area contributed by atoms with Crippen molar-refractivity contribution < 1.29 is 4.74 Å². The van der Waals surface area contributed by atoms with E-state index in [1.54, 1.807) is 25.1 Å². The van der Waals surface area contributed by atoms with Crippen LogP contribution in [0.5, 0.6) is 0 Å². The predicted octanol–water partition coefficient (Wildman–Crippen LogP) is 2.28. The first-order chi connectivity index (χ1) is 8.49. The van der Waals surface area contributed by atoms with Crippen LogP contribution in [0.2, 0.25) is 0 Å². The van der Waals surface area contributed by atoms with Crippen LogP contribution in [0.25, 0.3) is 0 Å². The topological polar surface area (TPSA) is 47.0 Å². The summed E-state index contributed by atoms with van der Waals surface area (Å²) in [6.07, 6.45) is 1.80. The standard InChI is InChI=1S/C13H23N3OS/c1-6-14-11(13(3,4)17-5)9-18-12-15-8-7-10(2)16-12/h7-8,11,14H,6,9H2,1-5H3. The molecule has 1 aromatic rings. The van der Waals surface area contributed by atoms with E-state index in [-0.39, 0.29) is 11.6 Å². The monoisotopic (exact) mass is 269 g/mol. The molecule has 1 heterocycles. The predicted molar refractivity (Wildman–Crippen MR) is 76.0 cm³/mol. The van der Waals surface area contributed by atoms with Crippen molar-refractivity contribution in [2.75, 3.05) is 19.4 Å². The van der Waals surface area contributed by atoms with Gasteiger partial charge in [0.25, 0.3) is 0 Å². The molecule has 0 saturated carbocycles. The fourth-order valence-corrected chi connectivity index (χ4v) is 2.73. The van der Waals surface area contributed by atoms with Gasteiger partial charge in [-0.1, -0.05) is 18.7 Å². The molecule has 0 fully saturated rings. The van der Waals surface area contributed by atoms with E-state index in [2.05, 4.69) is 36.1 Å². The van der Waals surface area contributed by atoms with Gasteiger partial charge in [0.2, 0.25) is 0 Å². The second-order valence-corrected chi connectivity index (χ2v) is 5.70. The van der Waals surface area contributed by atoms with Crippen molar-refractivity contribution in [3.8, 4) is 0 Å². The Morgan fingerprint density at radius 3 is 2.78 bits per heavy atom. The number of nitrogens with one attached hydrogen (secondary N) is 1. The van der Waals surface area contributed by atoms with E-state index in [1.807, 2.05) is 13.0 Å². The van der Waals surface area contributed by atoms with Crippen LogP contribution in [0.3, 0.4) is 0 Å². The Balaban J connectivity index is 2.62. The van der Waals surface area contributed by atoms with Gasteiger partial charge in [-0.15, -0.1) is 0 Å². The molecule has 0 amide bonds. The molecule has 0 radical (unpaired) electrons. The summed E-state index contributed by atoms with van der Waals surface area (Å²) >= 11 is 1.66. The molecular formula is C13H23N3OS. The molecule has 0 aliphatic heterocycles. The van der Waals surface area contributed by atoms with Gasteiger partial charge in [0.15, 0.2) is 5.16 Å². The highest BCUT2D eigenvalue weighted by Crippen LogP contribution is 2.21. The maximum Gasteiger partial charge on any atom is 0.187 e. The van der Waals surface area contributed by atoms with E-state index in [1.165, 1.54) is 0 Å². The number of hydrogen-bond acceptors (Lipinski definition) is 5. The van der Waals surface area contributed by atoms with Gasteiger partial charge >= 0.3 is 0 Å². The molecule has 0 aliphatic carbocycles. The highest BCUT2D eigenvalue weighted by atomic mass is 32.2. The van der Waals surface area contributed by atoms with Crippen molar-refractivity contribution in [2.24, 2.45) is 0 Å². The molecule has 4 nitrogen and oxygen atoms in total. The Bertz CT molecular complexity index is 371. The summed E-state index contributed by atoms with van der Waals surface area (Å²) < 4.78 is 5.55. The quantitative estimate of drug-likeness (QED) is 0.608. The molecule has 1 N–H and O–H groups in total. The number of ether oxygens (including phenoxy) is 1. The second kappa shape index (κ2) is 7.07. The van der Waals surface area contributed by atoms with Crippen LogP contribution in [0.4, 0.5) is 0 Å². The Hall–Kier alpha value is -0.650. The fourth-order valence-electron chi connectivity index (χ4n) is 1.55. The van der Waals surface area contributed by atoms with Gasteiger partial charge in [0, 0.05) is 30.8 Å². The summed E-state index contributed by atoms with van der Waals surface area (Å²) in [5.74, 6) is 0.887. The number of rotatable bonds is 7. The van der Waals surface area contributed by atoms with Crippen molar-refractivity contribution in [2.45, 2.75) is 44.5 Å². The molecule has 0 spiro atoms. The summed E-state index contributed by atoms with van der Waals surface area (Å²) in [6.45, 7) is 9.20. The van der Waals surface area contributed by atoms with Crippen molar-refractivity contribution in [1.82, 2.24) is 15.3 Å². The van der Waals surface area contributed by atoms with Gasteiger partial charge in [0.05, 0.1) is 5.60 Å². The zero-order valence-electron chi connectivity index (χ0n) is 11.9. The summed E-state index contributed by atoms with van der Waals surface area (Å²) in [5, 5.41) is 4.28. The normalized spacial score (nSPS) is 13.6. The van der Waals surface area contributed by atoms with E-state index in [0.717, 1.165) is 23.1 Å². The van der Waals surface area contributed by atoms with Gasteiger partial charge in [0.1, 0.15) is 0 Å². The van der Waals surface area contributed by atoms with Gasteiger partial charge in [-0.3, -0.25) is 0 Å². The van der Waals surface area contributed by atoms with Crippen LogP contribution in [0, 0.1) is 6.92 Å². The zero-order valence-corrected chi connectivity index (χ0v) is 12.7. The summed E-state index contributed by atoms with van der Waals surface area (Å²) in [5.41, 5.74) is 0.797. The molecule has 1 unspecified atom stereocenters. The molecular weight excluding hydrogens is 246 g/mol. The molecule has 0 aromatic carbocycles. The minimum atomic E-state index is -0.202. The average Bonchev–Trinajstić information content (AvgIpc) is 2.34.